The Morgan fingerprint density at radius 3 is 2.74 bits per heavy atom. The Kier molecular flexibility index (Phi) is 8.83. The van der Waals surface area contributed by atoms with Crippen LogP contribution in [0.5, 0.6) is 0 Å². The molecular formula is C14H26BrN3S. The number of hydrogen-bond acceptors (Lipinski definition) is 3. The van der Waals surface area contributed by atoms with E-state index >= 15 is 0 Å². The molecule has 1 rings (SSSR count). The molecule has 1 aromatic heterocycles. The lowest BCUT2D eigenvalue weighted by atomic mass is 10.2. The van der Waals surface area contributed by atoms with Gasteiger partial charge in [-0.2, -0.15) is 16.9 Å². The Morgan fingerprint density at radius 2 is 2.11 bits per heavy atom. The average Bonchev–Trinajstić information content (AvgIpc) is 2.76. The third-order valence-electron chi connectivity index (χ3n) is 2.87. The van der Waals surface area contributed by atoms with Crippen LogP contribution < -0.4 is 5.32 Å². The molecule has 0 fully saturated rings. The molecule has 1 atom stereocenters. The largest absolute Gasteiger partial charge is 0.308 e. The summed E-state index contributed by atoms with van der Waals surface area (Å²) in [6.45, 7) is 8.69. The Labute approximate surface area is 130 Å². The summed E-state index contributed by atoms with van der Waals surface area (Å²) >= 11 is 5.68. The van der Waals surface area contributed by atoms with Crippen LogP contribution in [0.1, 0.15) is 51.8 Å². The molecule has 0 spiro atoms. The minimum Gasteiger partial charge on any atom is -0.308 e. The summed E-state index contributed by atoms with van der Waals surface area (Å²) in [7, 11) is 0. The minimum absolute atomic E-state index is 0.389. The molecule has 3 nitrogen and oxygen atoms in total. The Balaban J connectivity index is 2.78. The Hall–Kier alpha value is 0. The van der Waals surface area contributed by atoms with Crippen molar-refractivity contribution in [1.29, 1.82) is 0 Å². The van der Waals surface area contributed by atoms with E-state index in [-0.39, 0.29) is 0 Å². The summed E-state index contributed by atoms with van der Waals surface area (Å²) in [5.74, 6) is 2.34. The lowest BCUT2D eigenvalue weighted by Gasteiger charge is -2.20. The topological polar surface area (TPSA) is 29.9 Å². The molecule has 1 aromatic rings. The molecule has 19 heavy (non-hydrogen) atoms. The van der Waals surface area contributed by atoms with Crippen molar-refractivity contribution in [1.82, 2.24) is 15.1 Å². The number of thioether (sulfide) groups is 1. The number of aryl methyl sites for hydroxylation is 1. The van der Waals surface area contributed by atoms with Gasteiger partial charge in [0.1, 0.15) is 0 Å². The van der Waals surface area contributed by atoms with Crippen molar-refractivity contribution < 1.29 is 0 Å². The van der Waals surface area contributed by atoms with Crippen molar-refractivity contribution in [3.63, 3.8) is 0 Å². The quantitative estimate of drug-likeness (QED) is 0.642. The van der Waals surface area contributed by atoms with Crippen LogP contribution >= 0.6 is 27.7 Å². The maximum Gasteiger partial charge on any atom is 0.0704 e. The van der Waals surface area contributed by atoms with Gasteiger partial charge in [0, 0.05) is 12.3 Å². The fourth-order valence-corrected chi connectivity index (χ4v) is 3.55. The molecule has 0 radical (unpaired) electrons. The predicted octanol–water partition coefficient (Wildman–Crippen LogP) is 4.24. The van der Waals surface area contributed by atoms with Crippen molar-refractivity contribution in [2.75, 3.05) is 18.1 Å². The van der Waals surface area contributed by atoms with E-state index in [0.29, 0.717) is 6.04 Å². The molecule has 0 amide bonds. The summed E-state index contributed by atoms with van der Waals surface area (Å²) in [6, 6.07) is 0.389. The second-order valence-electron chi connectivity index (χ2n) is 4.68. The first-order valence-electron chi connectivity index (χ1n) is 7.26. The van der Waals surface area contributed by atoms with Crippen LogP contribution in [0, 0.1) is 0 Å². The van der Waals surface area contributed by atoms with Gasteiger partial charge in [-0.15, -0.1) is 0 Å². The molecule has 0 saturated heterocycles. The average molecular weight is 348 g/mol. The number of aromatic nitrogens is 2. The molecule has 1 N–H and O–H groups in total. The van der Waals surface area contributed by atoms with Gasteiger partial charge < -0.3 is 5.32 Å². The first kappa shape index (κ1) is 17.1. The van der Waals surface area contributed by atoms with Gasteiger partial charge in [-0.3, -0.25) is 4.68 Å². The van der Waals surface area contributed by atoms with Crippen molar-refractivity contribution in [3.05, 3.63) is 16.4 Å². The first-order chi connectivity index (χ1) is 9.24. The van der Waals surface area contributed by atoms with Gasteiger partial charge in [-0.1, -0.05) is 20.8 Å². The maximum absolute atomic E-state index is 4.48. The lowest BCUT2D eigenvalue weighted by Crippen LogP contribution is -2.27. The summed E-state index contributed by atoms with van der Waals surface area (Å²) < 4.78 is 3.27. The zero-order chi connectivity index (χ0) is 14.1. The Bertz CT molecular complexity index is 354. The lowest BCUT2D eigenvalue weighted by molar-refractivity contribution is 0.497. The van der Waals surface area contributed by atoms with E-state index < -0.39 is 0 Å². The van der Waals surface area contributed by atoms with Gasteiger partial charge in [-0.25, -0.2) is 0 Å². The van der Waals surface area contributed by atoms with Crippen molar-refractivity contribution >= 4 is 27.7 Å². The zero-order valence-electron chi connectivity index (χ0n) is 12.3. The van der Waals surface area contributed by atoms with Gasteiger partial charge in [0.15, 0.2) is 0 Å². The number of hydrogen-bond donors (Lipinski definition) is 1. The molecule has 1 unspecified atom stereocenters. The van der Waals surface area contributed by atoms with Gasteiger partial charge in [0.25, 0.3) is 0 Å². The maximum atomic E-state index is 4.48. The summed E-state index contributed by atoms with van der Waals surface area (Å²) in [6.07, 6.45) is 5.44. The summed E-state index contributed by atoms with van der Waals surface area (Å²) in [5, 5.41) is 8.14. The van der Waals surface area contributed by atoms with E-state index in [0.717, 1.165) is 36.2 Å². The highest BCUT2D eigenvalue weighted by atomic mass is 79.9. The second-order valence-corrected chi connectivity index (χ2v) is 6.69. The van der Waals surface area contributed by atoms with Crippen LogP contribution in [0.2, 0.25) is 0 Å². The van der Waals surface area contributed by atoms with Gasteiger partial charge in [0.05, 0.1) is 22.4 Å². The standard InChI is InChI=1S/C14H26BrN3S/c1-4-7-16-13(11-19-9-6-3)14-12(15)10-17-18(14)8-5-2/h10,13,16H,4-9,11H2,1-3H3. The van der Waals surface area contributed by atoms with Crippen LogP contribution in [0.3, 0.4) is 0 Å². The second kappa shape index (κ2) is 9.83. The fourth-order valence-electron chi connectivity index (χ4n) is 2.01. The molecule has 0 aliphatic rings. The van der Waals surface area contributed by atoms with Gasteiger partial charge in [0.2, 0.25) is 0 Å². The summed E-state index contributed by atoms with van der Waals surface area (Å²) in [4.78, 5) is 0. The number of nitrogens with zero attached hydrogens (tertiary/aromatic N) is 2. The predicted molar refractivity (Wildman–Crippen MR) is 88.9 cm³/mol. The minimum atomic E-state index is 0.389. The van der Waals surface area contributed by atoms with Crippen LogP contribution in [0.4, 0.5) is 0 Å². The molecule has 110 valence electrons. The Morgan fingerprint density at radius 1 is 1.32 bits per heavy atom. The van der Waals surface area contributed by atoms with Crippen LogP contribution in [-0.2, 0) is 6.54 Å². The third-order valence-corrected chi connectivity index (χ3v) is 4.75. The SMILES string of the molecule is CCCNC(CSCCC)c1c(Br)cnn1CCC. The van der Waals surface area contributed by atoms with E-state index in [1.54, 1.807) is 0 Å². The van der Waals surface area contributed by atoms with Gasteiger partial charge >= 0.3 is 0 Å². The van der Waals surface area contributed by atoms with E-state index in [2.05, 4.69) is 51.8 Å². The van der Waals surface area contributed by atoms with Crippen LogP contribution in [-0.4, -0.2) is 27.8 Å². The van der Waals surface area contributed by atoms with E-state index in [4.69, 9.17) is 0 Å². The van der Waals surface area contributed by atoms with Gasteiger partial charge in [-0.05, 0) is 47.5 Å². The zero-order valence-corrected chi connectivity index (χ0v) is 14.7. The monoisotopic (exact) mass is 347 g/mol. The molecule has 0 saturated carbocycles. The number of nitrogens with one attached hydrogen (secondary N) is 1. The number of rotatable bonds is 10. The summed E-state index contributed by atoms with van der Waals surface area (Å²) in [5.41, 5.74) is 1.30. The third kappa shape index (κ3) is 5.48. The fraction of sp³-hybridized carbons (Fsp3) is 0.786. The highest BCUT2D eigenvalue weighted by Gasteiger charge is 2.19. The highest BCUT2D eigenvalue weighted by molar-refractivity contribution is 9.10. The molecule has 0 bridgehead atoms. The van der Waals surface area contributed by atoms with Crippen molar-refractivity contribution in [3.8, 4) is 0 Å². The normalized spacial score (nSPS) is 12.8. The van der Waals surface area contributed by atoms with Crippen molar-refractivity contribution in [2.24, 2.45) is 0 Å². The van der Waals surface area contributed by atoms with Crippen LogP contribution in [0.25, 0.3) is 0 Å². The smallest absolute Gasteiger partial charge is 0.0704 e. The first-order valence-corrected chi connectivity index (χ1v) is 9.21. The molecular weight excluding hydrogens is 322 g/mol. The van der Waals surface area contributed by atoms with E-state index in [1.807, 2.05) is 18.0 Å². The van der Waals surface area contributed by atoms with Crippen LogP contribution in [0.15, 0.2) is 10.7 Å². The van der Waals surface area contributed by atoms with E-state index in [9.17, 15) is 0 Å². The molecule has 0 aromatic carbocycles. The highest BCUT2D eigenvalue weighted by Crippen LogP contribution is 2.26. The number of halogens is 1. The molecule has 5 heteroatoms. The van der Waals surface area contributed by atoms with Crippen molar-refractivity contribution in [2.45, 2.75) is 52.6 Å². The molecule has 0 aliphatic heterocycles. The molecule has 0 aliphatic carbocycles. The van der Waals surface area contributed by atoms with E-state index in [1.165, 1.54) is 17.9 Å². The molecule has 1 heterocycles.